The highest BCUT2D eigenvalue weighted by molar-refractivity contribution is 5.85. The maximum Gasteiger partial charge on any atom is 0.355 e. The number of carbonyl (C=O) groups is 1. The zero-order chi connectivity index (χ0) is 6.85. The summed E-state index contributed by atoms with van der Waals surface area (Å²) in [5.74, 6) is -0.949. The first kappa shape index (κ1) is 5.90. The van der Waals surface area contributed by atoms with Crippen molar-refractivity contribution in [3.05, 3.63) is 11.9 Å². The van der Waals surface area contributed by atoms with Crippen LogP contribution in [0.3, 0.4) is 0 Å². The van der Waals surface area contributed by atoms with Gasteiger partial charge in [0.1, 0.15) is 0 Å². The van der Waals surface area contributed by atoms with Crippen molar-refractivity contribution < 1.29 is 9.90 Å². The van der Waals surface area contributed by atoms with Gasteiger partial charge in [0, 0.05) is 13.2 Å². The zero-order valence-corrected chi connectivity index (χ0v) is 4.88. The van der Waals surface area contributed by atoms with Crippen LogP contribution in [0.25, 0.3) is 0 Å². The Balaban J connectivity index is 2.68. The van der Waals surface area contributed by atoms with E-state index in [9.17, 15) is 4.79 Å². The number of hydrogen-bond acceptors (Lipinski definition) is 4. The smallest absolute Gasteiger partial charge is 0.355 e. The van der Waals surface area contributed by atoms with Gasteiger partial charge < -0.3 is 10.5 Å². The average molecular weight is 129 g/mol. The SMILES string of the molecule is CN1NNC=C1C(=O)O. The van der Waals surface area contributed by atoms with E-state index in [4.69, 9.17) is 5.11 Å². The van der Waals surface area contributed by atoms with Crippen LogP contribution < -0.4 is 11.0 Å². The van der Waals surface area contributed by atoms with Crippen molar-refractivity contribution in [1.82, 2.24) is 16.0 Å². The van der Waals surface area contributed by atoms with E-state index in [1.165, 1.54) is 11.2 Å². The minimum Gasteiger partial charge on any atom is -0.476 e. The Bertz CT molecular complexity index is 165. The summed E-state index contributed by atoms with van der Waals surface area (Å²) in [6.07, 6.45) is 1.38. The molecule has 0 atom stereocenters. The van der Waals surface area contributed by atoms with Gasteiger partial charge in [-0.25, -0.2) is 4.79 Å². The van der Waals surface area contributed by atoms with Crippen molar-refractivity contribution in [2.75, 3.05) is 7.05 Å². The maximum atomic E-state index is 10.2. The first-order valence-electron chi connectivity index (χ1n) is 2.40. The van der Waals surface area contributed by atoms with E-state index < -0.39 is 5.97 Å². The number of rotatable bonds is 1. The predicted molar refractivity (Wildman–Crippen MR) is 29.8 cm³/mol. The standard InChI is InChI=1S/C4H7N3O2/c1-7-3(4(8)9)2-5-6-7/h2,5-6H,1H3,(H,8,9). The molecule has 0 spiro atoms. The topological polar surface area (TPSA) is 64.6 Å². The summed E-state index contributed by atoms with van der Waals surface area (Å²) in [4.78, 5) is 10.2. The Morgan fingerprint density at radius 2 is 2.56 bits per heavy atom. The van der Waals surface area contributed by atoms with Crippen LogP contribution in [0, 0.1) is 0 Å². The Labute approximate surface area is 51.9 Å². The molecule has 9 heavy (non-hydrogen) atoms. The minimum atomic E-state index is -0.949. The third kappa shape index (κ3) is 0.945. The lowest BCUT2D eigenvalue weighted by molar-refractivity contribution is -0.134. The molecule has 0 aromatic carbocycles. The summed E-state index contributed by atoms with van der Waals surface area (Å²) >= 11 is 0. The van der Waals surface area contributed by atoms with Gasteiger partial charge in [-0.1, -0.05) is 0 Å². The molecule has 1 aliphatic heterocycles. The summed E-state index contributed by atoms with van der Waals surface area (Å²) in [6, 6.07) is 0. The van der Waals surface area contributed by atoms with Gasteiger partial charge in [0.05, 0.1) is 0 Å². The lowest BCUT2D eigenvalue weighted by Gasteiger charge is -2.10. The molecule has 50 valence electrons. The van der Waals surface area contributed by atoms with E-state index in [2.05, 4.69) is 11.0 Å². The van der Waals surface area contributed by atoms with Crippen LogP contribution in [0.15, 0.2) is 11.9 Å². The van der Waals surface area contributed by atoms with E-state index in [1.54, 1.807) is 7.05 Å². The van der Waals surface area contributed by atoms with Gasteiger partial charge in [0.25, 0.3) is 0 Å². The average Bonchev–Trinajstić information content (AvgIpc) is 2.13. The molecule has 1 heterocycles. The van der Waals surface area contributed by atoms with Crippen LogP contribution in [0.2, 0.25) is 0 Å². The second kappa shape index (κ2) is 1.94. The molecule has 1 rings (SSSR count). The molecule has 0 saturated heterocycles. The number of likely N-dealkylation sites (N-methyl/N-ethyl adjacent to an activating group) is 1. The largest absolute Gasteiger partial charge is 0.476 e. The minimum absolute atomic E-state index is 0.204. The third-order valence-corrected chi connectivity index (χ3v) is 1.02. The Morgan fingerprint density at radius 1 is 1.89 bits per heavy atom. The van der Waals surface area contributed by atoms with Crippen LogP contribution in [0.4, 0.5) is 0 Å². The van der Waals surface area contributed by atoms with Crippen molar-refractivity contribution >= 4 is 5.97 Å². The van der Waals surface area contributed by atoms with Crippen LogP contribution in [0.5, 0.6) is 0 Å². The van der Waals surface area contributed by atoms with Gasteiger partial charge in [-0.05, 0) is 0 Å². The van der Waals surface area contributed by atoms with Gasteiger partial charge >= 0.3 is 5.97 Å². The molecular formula is C4H7N3O2. The van der Waals surface area contributed by atoms with E-state index in [0.29, 0.717) is 0 Å². The Kier molecular flexibility index (Phi) is 1.27. The molecule has 0 aliphatic carbocycles. The number of carboxylic acid groups (broad SMARTS) is 1. The molecule has 0 bridgehead atoms. The summed E-state index contributed by atoms with van der Waals surface area (Å²) in [6.45, 7) is 0. The van der Waals surface area contributed by atoms with Gasteiger partial charge in [-0.3, -0.25) is 5.01 Å². The van der Waals surface area contributed by atoms with E-state index in [-0.39, 0.29) is 5.70 Å². The van der Waals surface area contributed by atoms with Crippen molar-refractivity contribution in [2.45, 2.75) is 0 Å². The molecule has 5 nitrogen and oxygen atoms in total. The fourth-order valence-electron chi connectivity index (χ4n) is 0.560. The maximum absolute atomic E-state index is 10.2. The molecule has 0 unspecified atom stereocenters. The zero-order valence-electron chi connectivity index (χ0n) is 4.88. The highest BCUT2D eigenvalue weighted by atomic mass is 16.4. The summed E-state index contributed by atoms with van der Waals surface area (Å²) in [5, 5.41) is 9.77. The normalized spacial score (nSPS) is 17.0. The Hall–Kier alpha value is -1.23. The Morgan fingerprint density at radius 3 is 2.78 bits per heavy atom. The molecule has 5 heteroatoms. The summed E-state index contributed by atoms with van der Waals surface area (Å²) in [7, 11) is 1.61. The van der Waals surface area contributed by atoms with Gasteiger partial charge in [0.2, 0.25) is 0 Å². The molecule has 0 aromatic rings. The molecule has 1 aliphatic rings. The second-order valence-electron chi connectivity index (χ2n) is 1.65. The van der Waals surface area contributed by atoms with Gasteiger partial charge in [-0.15, -0.1) is 5.53 Å². The number of hydrogen-bond donors (Lipinski definition) is 3. The second-order valence-corrected chi connectivity index (χ2v) is 1.65. The fourth-order valence-corrected chi connectivity index (χ4v) is 0.560. The van der Waals surface area contributed by atoms with Crippen LogP contribution in [0.1, 0.15) is 0 Å². The van der Waals surface area contributed by atoms with E-state index in [1.807, 2.05) is 0 Å². The molecule has 0 saturated carbocycles. The van der Waals surface area contributed by atoms with E-state index in [0.717, 1.165) is 0 Å². The quantitative estimate of drug-likeness (QED) is 0.418. The lowest BCUT2D eigenvalue weighted by atomic mass is 10.5. The first-order valence-corrected chi connectivity index (χ1v) is 2.40. The summed E-state index contributed by atoms with van der Waals surface area (Å²) < 4.78 is 0. The van der Waals surface area contributed by atoms with Gasteiger partial charge in [-0.2, -0.15) is 0 Å². The number of aliphatic carboxylic acids is 1. The first-order chi connectivity index (χ1) is 4.22. The molecule has 0 radical (unpaired) electrons. The molecule has 0 aromatic heterocycles. The highest BCUT2D eigenvalue weighted by Crippen LogP contribution is 1.99. The van der Waals surface area contributed by atoms with Crippen molar-refractivity contribution in [1.29, 1.82) is 0 Å². The third-order valence-electron chi connectivity index (χ3n) is 1.02. The van der Waals surface area contributed by atoms with Crippen LogP contribution >= 0.6 is 0 Å². The fraction of sp³-hybridized carbons (Fsp3) is 0.250. The van der Waals surface area contributed by atoms with Crippen molar-refractivity contribution in [2.24, 2.45) is 0 Å². The molecule has 0 amide bonds. The summed E-state index contributed by atoms with van der Waals surface area (Å²) in [5.41, 5.74) is 5.30. The number of carboxylic acids is 1. The van der Waals surface area contributed by atoms with Crippen LogP contribution in [-0.4, -0.2) is 23.1 Å². The van der Waals surface area contributed by atoms with Gasteiger partial charge in [0.15, 0.2) is 5.70 Å². The highest BCUT2D eigenvalue weighted by Gasteiger charge is 2.15. The number of hydrazine groups is 2. The van der Waals surface area contributed by atoms with Crippen LogP contribution in [-0.2, 0) is 4.79 Å². The molecule has 0 fully saturated rings. The lowest BCUT2D eigenvalue weighted by Crippen LogP contribution is -2.35. The number of nitrogens with one attached hydrogen (secondary N) is 2. The van der Waals surface area contributed by atoms with Crippen molar-refractivity contribution in [3.63, 3.8) is 0 Å². The van der Waals surface area contributed by atoms with Crippen molar-refractivity contribution in [3.8, 4) is 0 Å². The monoisotopic (exact) mass is 129 g/mol. The molecule has 3 N–H and O–H groups in total. The molecular weight excluding hydrogens is 122 g/mol. The van der Waals surface area contributed by atoms with E-state index >= 15 is 0 Å². The predicted octanol–water partition coefficient (Wildman–Crippen LogP) is -1.13. The number of nitrogens with zero attached hydrogens (tertiary/aromatic N) is 1.